The smallest absolute Gasteiger partial charge is 0.640 e. The molecule has 1 rings (SSSR count). The molecule has 0 aromatic rings. The van der Waals surface area contributed by atoms with Crippen LogP contribution < -0.4 is 58.2 Å². The molecule has 8 heavy (non-hydrogen) atoms. The SMILES string of the molecule is CN1C[N-]C(=O)C1.[Rb+]. The molecule has 0 N–H and O–H groups in total. The quantitative estimate of drug-likeness (QED) is 0.397. The van der Waals surface area contributed by atoms with E-state index in [0.29, 0.717) is 13.2 Å². The fraction of sp³-hybridized carbons (Fsp3) is 0.750. The molecule has 1 heterocycles. The number of amides is 1. The van der Waals surface area contributed by atoms with Gasteiger partial charge in [0.2, 0.25) is 0 Å². The fourth-order valence-corrected chi connectivity index (χ4v) is 0.530. The minimum Gasteiger partial charge on any atom is -0.640 e. The first-order chi connectivity index (χ1) is 3.29. The van der Waals surface area contributed by atoms with Gasteiger partial charge in [-0.05, 0) is 7.05 Å². The van der Waals surface area contributed by atoms with Crippen LogP contribution in [0, 0.1) is 0 Å². The Morgan fingerprint density at radius 1 is 1.75 bits per heavy atom. The Bertz CT molecular complexity index is 96.0. The van der Waals surface area contributed by atoms with Crippen LogP contribution in [-0.4, -0.2) is 31.1 Å². The van der Waals surface area contributed by atoms with Gasteiger partial charge in [-0.2, -0.15) is 0 Å². The Labute approximate surface area is 97.6 Å². The molecule has 4 heteroatoms. The maximum atomic E-state index is 10.2. The third kappa shape index (κ3) is 2.69. The number of rotatable bonds is 0. The van der Waals surface area contributed by atoms with Crippen molar-refractivity contribution in [2.24, 2.45) is 0 Å². The predicted molar refractivity (Wildman–Crippen MR) is 25.9 cm³/mol. The summed E-state index contributed by atoms with van der Waals surface area (Å²) in [4.78, 5) is 12.1. The number of carbonyl (C=O) groups excluding carboxylic acids is 1. The van der Waals surface area contributed by atoms with Crippen LogP contribution in [0.2, 0.25) is 0 Å². The van der Waals surface area contributed by atoms with Crippen LogP contribution in [0.4, 0.5) is 0 Å². The molecule has 3 nitrogen and oxygen atoms in total. The second kappa shape index (κ2) is 4.12. The van der Waals surface area contributed by atoms with E-state index in [1.54, 1.807) is 0 Å². The van der Waals surface area contributed by atoms with E-state index in [1.165, 1.54) is 0 Å². The van der Waals surface area contributed by atoms with Gasteiger partial charge in [-0.25, -0.2) is 0 Å². The van der Waals surface area contributed by atoms with E-state index in [2.05, 4.69) is 5.32 Å². The summed E-state index contributed by atoms with van der Waals surface area (Å²) >= 11 is 0. The Balaban J connectivity index is 0.000000490. The summed E-state index contributed by atoms with van der Waals surface area (Å²) in [7, 11) is 1.87. The number of likely N-dealkylation sites (N-methyl/N-ethyl adjacent to an activating group) is 1. The topological polar surface area (TPSA) is 34.4 Å². The fourth-order valence-electron chi connectivity index (χ4n) is 0.530. The van der Waals surface area contributed by atoms with Crippen molar-refractivity contribution in [2.45, 2.75) is 0 Å². The summed E-state index contributed by atoms with van der Waals surface area (Å²) in [6.45, 7) is 1.08. The molecule has 0 atom stereocenters. The van der Waals surface area contributed by atoms with Crippen molar-refractivity contribution in [3.8, 4) is 0 Å². The molecule has 1 fully saturated rings. The zero-order valence-electron chi connectivity index (χ0n) is 5.22. The van der Waals surface area contributed by atoms with Crippen LogP contribution >= 0.6 is 0 Å². The molecule has 1 aliphatic heterocycles. The van der Waals surface area contributed by atoms with Gasteiger partial charge < -0.3 is 15.0 Å². The predicted octanol–water partition coefficient (Wildman–Crippen LogP) is -3.21. The van der Waals surface area contributed by atoms with E-state index in [4.69, 9.17) is 0 Å². The summed E-state index contributed by atoms with van der Waals surface area (Å²) in [6.07, 6.45) is 0. The molecule has 0 saturated carbocycles. The third-order valence-corrected chi connectivity index (χ3v) is 0.894. The summed E-state index contributed by atoms with van der Waals surface area (Å²) in [5, 5.41) is 3.60. The second-order valence-corrected chi connectivity index (χ2v) is 1.71. The molecule has 0 aliphatic carbocycles. The van der Waals surface area contributed by atoms with Crippen LogP contribution in [0.25, 0.3) is 5.32 Å². The Morgan fingerprint density at radius 3 is 2.50 bits per heavy atom. The number of nitrogens with zero attached hydrogens (tertiary/aromatic N) is 2. The Kier molecular flexibility index (Phi) is 4.75. The first-order valence-electron chi connectivity index (χ1n) is 2.18. The maximum Gasteiger partial charge on any atom is 1.00 e. The standard InChI is InChI=1S/C4H8N2O.Rb/c1-6-2-4(7)5-3-6;/h2-3H2,1H3,(H,5,7);/q;+1/p-1. The van der Waals surface area contributed by atoms with Gasteiger partial charge in [0, 0.05) is 6.54 Å². The zero-order chi connectivity index (χ0) is 5.28. The van der Waals surface area contributed by atoms with Gasteiger partial charge in [0.25, 0.3) is 0 Å². The van der Waals surface area contributed by atoms with Crippen molar-refractivity contribution in [1.82, 2.24) is 4.90 Å². The van der Waals surface area contributed by atoms with E-state index >= 15 is 0 Å². The van der Waals surface area contributed by atoms with Gasteiger partial charge in [0.05, 0.1) is 5.91 Å². The van der Waals surface area contributed by atoms with Crippen molar-refractivity contribution in [3.63, 3.8) is 0 Å². The van der Waals surface area contributed by atoms with E-state index < -0.39 is 0 Å². The van der Waals surface area contributed by atoms with E-state index in [-0.39, 0.29) is 64.1 Å². The van der Waals surface area contributed by atoms with Crippen molar-refractivity contribution in [1.29, 1.82) is 0 Å². The van der Waals surface area contributed by atoms with Crippen molar-refractivity contribution in [2.75, 3.05) is 20.3 Å². The average molecular weight is 185 g/mol. The van der Waals surface area contributed by atoms with E-state index in [9.17, 15) is 4.79 Å². The molecule has 0 radical (unpaired) electrons. The molecule has 1 saturated heterocycles. The number of carbonyl (C=O) groups is 1. The third-order valence-electron chi connectivity index (χ3n) is 0.894. The summed E-state index contributed by atoms with van der Waals surface area (Å²) in [5.41, 5.74) is 0. The Hall–Kier alpha value is 1.24. The minimum atomic E-state index is 0. The second-order valence-electron chi connectivity index (χ2n) is 1.71. The van der Waals surface area contributed by atoms with Crippen molar-refractivity contribution >= 4 is 5.91 Å². The van der Waals surface area contributed by atoms with Gasteiger partial charge in [-0.1, -0.05) is 6.67 Å². The molecule has 0 spiro atoms. The van der Waals surface area contributed by atoms with Crippen LogP contribution in [-0.2, 0) is 4.79 Å². The average Bonchev–Trinajstić information content (AvgIpc) is 1.87. The summed E-state index contributed by atoms with van der Waals surface area (Å²) < 4.78 is 0. The van der Waals surface area contributed by atoms with E-state index in [1.807, 2.05) is 11.9 Å². The summed E-state index contributed by atoms with van der Waals surface area (Å²) in [5.74, 6) is 0.00231. The number of hydrogen-bond donors (Lipinski definition) is 0. The molecular weight excluding hydrogens is 178 g/mol. The molecular formula is C4H7N2ORb. The number of hydrogen-bond acceptors (Lipinski definition) is 2. The van der Waals surface area contributed by atoms with Crippen LogP contribution in [0.5, 0.6) is 0 Å². The van der Waals surface area contributed by atoms with Gasteiger partial charge in [-0.15, -0.1) is 0 Å². The van der Waals surface area contributed by atoms with Gasteiger partial charge in [0.1, 0.15) is 0 Å². The van der Waals surface area contributed by atoms with Crippen molar-refractivity contribution in [3.05, 3.63) is 5.32 Å². The van der Waals surface area contributed by atoms with Crippen LogP contribution in [0.15, 0.2) is 0 Å². The van der Waals surface area contributed by atoms with Gasteiger partial charge >= 0.3 is 58.2 Å². The van der Waals surface area contributed by atoms with Crippen LogP contribution in [0.1, 0.15) is 0 Å². The minimum absolute atomic E-state index is 0. The monoisotopic (exact) mass is 184 g/mol. The van der Waals surface area contributed by atoms with Crippen molar-refractivity contribution < 1.29 is 63.0 Å². The first kappa shape index (κ1) is 9.24. The molecule has 40 valence electrons. The van der Waals surface area contributed by atoms with Gasteiger partial charge in [-0.3, -0.25) is 0 Å². The summed E-state index contributed by atoms with van der Waals surface area (Å²) in [6, 6.07) is 0. The van der Waals surface area contributed by atoms with Crippen LogP contribution in [0.3, 0.4) is 0 Å². The van der Waals surface area contributed by atoms with E-state index in [0.717, 1.165) is 0 Å². The first-order valence-corrected chi connectivity index (χ1v) is 2.18. The van der Waals surface area contributed by atoms with Gasteiger partial charge in [0.15, 0.2) is 0 Å². The maximum absolute atomic E-state index is 10.2. The Morgan fingerprint density at radius 2 is 2.38 bits per heavy atom. The normalized spacial score (nSPS) is 19.9. The molecule has 1 aliphatic rings. The molecule has 0 unspecified atom stereocenters. The molecule has 0 bridgehead atoms. The largest absolute Gasteiger partial charge is 1.00 e. The zero-order valence-corrected chi connectivity index (χ0v) is 10.1. The molecule has 0 aromatic heterocycles. The molecule has 1 amide bonds. The molecule has 0 aromatic carbocycles.